The van der Waals surface area contributed by atoms with Gasteiger partial charge >= 0.3 is 5.97 Å². The molecule has 0 spiro atoms. The number of carbonyl (C=O) groups is 1. The number of ether oxygens (including phenoxy) is 1. The van der Waals surface area contributed by atoms with E-state index in [4.69, 9.17) is 10.8 Å². The largest absolute Gasteiger partial charge is 0.504 e. The van der Waals surface area contributed by atoms with Crippen molar-refractivity contribution in [3.05, 3.63) is 23.3 Å². The van der Waals surface area contributed by atoms with Crippen molar-refractivity contribution in [2.45, 2.75) is 5.92 Å². The maximum Gasteiger partial charge on any atom is 0.312 e. The van der Waals surface area contributed by atoms with Crippen LogP contribution in [-0.4, -0.2) is 29.8 Å². The molecule has 1 aromatic carbocycles. The number of aliphatic carboxylic acids is 1. The van der Waals surface area contributed by atoms with Crippen molar-refractivity contribution in [1.82, 2.24) is 0 Å². The van der Waals surface area contributed by atoms with Gasteiger partial charge in [-0.2, -0.15) is 0 Å². The standard InChI is InChI=1S/C10H11F2NO4/c1-17-6-2-5(11)8(12)7(9(6)14)4(3-13)10(15)16/h2,4,14H,3,13H2,1H3,(H,15,16). The molecule has 0 aliphatic carbocycles. The number of carboxylic acids is 1. The second-order valence-electron chi connectivity index (χ2n) is 3.26. The number of phenolic OH excluding ortho intramolecular Hbond substituents is 1. The highest BCUT2D eigenvalue weighted by molar-refractivity contribution is 5.78. The number of halogens is 2. The molecule has 94 valence electrons. The summed E-state index contributed by atoms with van der Waals surface area (Å²) in [5.74, 6) is -6.87. The molecule has 0 amide bonds. The van der Waals surface area contributed by atoms with Crippen molar-refractivity contribution in [2.75, 3.05) is 13.7 Å². The first-order valence-corrected chi connectivity index (χ1v) is 4.61. The second-order valence-corrected chi connectivity index (χ2v) is 3.26. The molecule has 0 aromatic heterocycles. The minimum absolute atomic E-state index is 0.349. The molecule has 0 fully saturated rings. The molecule has 5 nitrogen and oxygen atoms in total. The van der Waals surface area contributed by atoms with E-state index in [1.54, 1.807) is 0 Å². The number of hydrogen-bond donors (Lipinski definition) is 3. The highest BCUT2D eigenvalue weighted by atomic mass is 19.2. The molecule has 0 heterocycles. The number of hydrogen-bond acceptors (Lipinski definition) is 4. The number of benzene rings is 1. The molecule has 4 N–H and O–H groups in total. The number of phenols is 1. The number of carboxylic acid groups (broad SMARTS) is 1. The van der Waals surface area contributed by atoms with Crippen LogP contribution in [0.2, 0.25) is 0 Å². The predicted octanol–water partition coefficient (Wildman–Crippen LogP) is 0.806. The highest BCUT2D eigenvalue weighted by Gasteiger charge is 2.29. The van der Waals surface area contributed by atoms with Gasteiger partial charge in [-0.3, -0.25) is 4.79 Å². The molecule has 0 radical (unpaired) electrons. The number of methoxy groups -OCH3 is 1. The monoisotopic (exact) mass is 247 g/mol. The van der Waals surface area contributed by atoms with Crippen LogP contribution in [-0.2, 0) is 4.79 Å². The van der Waals surface area contributed by atoms with Gasteiger partial charge in [0.05, 0.1) is 12.7 Å². The maximum absolute atomic E-state index is 13.5. The number of rotatable bonds is 4. The van der Waals surface area contributed by atoms with Crippen LogP contribution in [0.25, 0.3) is 0 Å². The van der Waals surface area contributed by atoms with Crippen molar-refractivity contribution in [3.8, 4) is 11.5 Å². The maximum atomic E-state index is 13.5. The van der Waals surface area contributed by atoms with E-state index in [0.29, 0.717) is 6.07 Å². The third-order valence-corrected chi connectivity index (χ3v) is 2.29. The molecule has 0 aliphatic heterocycles. The quantitative estimate of drug-likeness (QED) is 0.732. The third kappa shape index (κ3) is 2.28. The lowest BCUT2D eigenvalue weighted by Gasteiger charge is -2.15. The van der Waals surface area contributed by atoms with E-state index in [-0.39, 0.29) is 5.75 Å². The Labute approximate surface area is 95.4 Å². The molecule has 1 rings (SSSR count). The summed E-state index contributed by atoms with van der Waals surface area (Å²) < 4.78 is 31.2. The van der Waals surface area contributed by atoms with Gasteiger partial charge < -0.3 is 20.7 Å². The summed E-state index contributed by atoms with van der Waals surface area (Å²) in [6, 6.07) is 0.629. The van der Waals surface area contributed by atoms with Crippen LogP contribution in [0.4, 0.5) is 8.78 Å². The Morgan fingerprint density at radius 1 is 1.59 bits per heavy atom. The predicted molar refractivity (Wildman–Crippen MR) is 54.0 cm³/mol. The summed E-state index contributed by atoms with van der Waals surface area (Å²) in [7, 11) is 1.13. The van der Waals surface area contributed by atoms with Crippen LogP contribution in [0.5, 0.6) is 11.5 Å². The van der Waals surface area contributed by atoms with E-state index in [9.17, 15) is 18.7 Å². The molecule has 1 atom stereocenters. The van der Waals surface area contributed by atoms with Crippen molar-refractivity contribution in [1.29, 1.82) is 0 Å². The van der Waals surface area contributed by atoms with Crippen LogP contribution in [0.15, 0.2) is 6.07 Å². The zero-order valence-electron chi connectivity index (χ0n) is 8.91. The van der Waals surface area contributed by atoms with Gasteiger partial charge in [0.15, 0.2) is 23.1 Å². The second kappa shape index (κ2) is 4.96. The van der Waals surface area contributed by atoms with Crippen molar-refractivity contribution < 1.29 is 28.5 Å². The first-order chi connectivity index (χ1) is 7.93. The normalized spacial score (nSPS) is 12.2. The molecule has 1 unspecified atom stereocenters. The van der Waals surface area contributed by atoms with Gasteiger partial charge in [-0.25, -0.2) is 8.78 Å². The lowest BCUT2D eigenvalue weighted by Crippen LogP contribution is -2.23. The third-order valence-electron chi connectivity index (χ3n) is 2.29. The molecule has 1 aromatic rings. The lowest BCUT2D eigenvalue weighted by atomic mass is 9.97. The lowest BCUT2D eigenvalue weighted by molar-refractivity contribution is -0.138. The summed E-state index contributed by atoms with van der Waals surface area (Å²) >= 11 is 0. The van der Waals surface area contributed by atoms with Crippen LogP contribution in [0, 0.1) is 11.6 Å². The Morgan fingerprint density at radius 2 is 2.18 bits per heavy atom. The van der Waals surface area contributed by atoms with Gasteiger partial charge in [0.2, 0.25) is 0 Å². The molecule has 0 aliphatic rings. The van der Waals surface area contributed by atoms with E-state index in [2.05, 4.69) is 4.74 Å². The van der Waals surface area contributed by atoms with E-state index in [1.165, 1.54) is 0 Å². The fourth-order valence-electron chi connectivity index (χ4n) is 1.43. The van der Waals surface area contributed by atoms with Gasteiger partial charge in [0, 0.05) is 12.6 Å². The summed E-state index contributed by atoms with van der Waals surface area (Å²) in [4.78, 5) is 10.8. The average Bonchev–Trinajstić information content (AvgIpc) is 2.28. The summed E-state index contributed by atoms with van der Waals surface area (Å²) in [6.45, 7) is -0.480. The minimum Gasteiger partial charge on any atom is -0.504 e. The molecule has 0 saturated heterocycles. The first kappa shape index (κ1) is 13.2. The van der Waals surface area contributed by atoms with Gasteiger partial charge in [-0.1, -0.05) is 0 Å². The van der Waals surface area contributed by atoms with Crippen LogP contribution in [0.1, 0.15) is 11.5 Å². The minimum atomic E-state index is -1.54. The zero-order chi connectivity index (χ0) is 13.2. The Balaban J connectivity index is 3.49. The molecule has 0 bridgehead atoms. The van der Waals surface area contributed by atoms with E-state index in [0.717, 1.165) is 7.11 Å². The van der Waals surface area contributed by atoms with Gasteiger partial charge in [0.1, 0.15) is 5.92 Å². The zero-order valence-corrected chi connectivity index (χ0v) is 8.91. The number of aromatic hydroxyl groups is 1. The van der Waals surface area contributed by atoms with Gasteiger partial charge in [-0.05, 0) is 0 Å². The SMILES string of the molecule is COc1cc(F)c(F)c(C(CN)C(=O)O)c1O. The summed E-state index contributed by atoms with van der Waals surface area (Å²) in [6.07, 6.45) is 0. The highest BCUT2D eigenvalue weighted by Crippen LogP contribution is 2.37. The first-order valence-electron chi connectivity index (χ1n) is 4.61. The fraction of sp³-hybridized carbons (Fsp3) is 0.300. The van der Waals surface area contributed by atoms with Crippen molar-refractivity contribution in [3.63, 3.8) is 0 Å². The number of nitrogens with two attached hydrogens (primary N) is 1. The van der Waals surface area contributed by atoms with Gasteiger partial charge in [0.25, 0.3) is 0 Å². The van der Waals surface area contributed by atoms with Crippen LogP contribution in [0.3, 0.4) is 0 Å². The molecule has 7 heteroatoms. The molecule has 0 saturated carbocycles. The molecular formula is C10H11F2NO4. The average molecular weight is 247 g/mol. The van der Waals surface area contributed by atoms with E-state index in [1.807, 2.05) is 0 Å². The van der Waals surface area contributed by atoms with Crippen molar-refractivity contribution >= 4 is 5.97 Å². The van der Waals surface area contributed by atoms with Crippen LogP contribution >= 0.6 is 0 Å². The van der Waals surface area contributed by atoms with E-state index < -0.39 is 41.4 Å². The Hall–Kier alpha value is -1.89. The van der Waals surface area contributed by atoms with Crippen molar-refractivity contribution in [2.24, 2.45) is 5.73 Å². The topological polar surface area (TPSA) is 92.8 Å². The Morgan fingerprint density at radius 3 is 2.59 bits per heavy atom. The summed E-state index contributed by atoms with van der Waals surface area (Å²) in [5, 5.41) is 18.4. The Bertz CT molecular complexity index is 450. The fourth-order valence-corrected chi connectivity index (χ4v) is 1.43. The van der Waals surface area contributed by atoms with Crippen LogP contribution < -0.4 is 10.5 Å². The van der Waals surface area contributed by atoms with Gasteiger partial charge in [-0.15, -0.1) is 0 Å². The molecule has 17 heavy (non-hydrogen) atoms. The van der Waals surface area contributed by atoms with E-state index >= 15 is 0 Å². The smallest absolute Gasteiger partial charge is 0.312 e. The molecular weight excluding hydrogens is 236 g/mol. The Kier molecular flexibility index (Phi) is 3.84. The summed E-state index contributed by atoms with van der Waals surface area (Å²) in [5.41, 5.74) is 4.45.